The molecule has 0 saturated heterocycles. The Balaban J connectivity index is 2.97. The molecule has 0 unspecified atom stereocenters. The molecule has 0 radical (unpaired) electrons. The molecule has 0 spiro atoms. The van der Waals surface area contributed by atoms with Gasteiger partial charge in [-0.2, -0.15) is 0 Å². The van der Waals surface area contributed by atoms with Gasteiger partial charge in [0.15, 0.2) is 11.4 Å². The van der Waals surface area contributed by atoms with Crippen molar-refractivity contribution in [2.24, 2.45) is 0 Å². The summed E-state index contributed by atoms with van der Waals surface area (Å²) in [6.07, 6.45) is 0. The number of oxazole rings is 1. The van der Waals surface area contributed by atoms with Crippen LogP contribution >= 0.6 is 0 Å². The molecule has 62 valence electrons. The SMILES string of the molecule is O=c1[nH]c2cc(F)cc(F)c2o1. The normalized spacial score (nSPS) is 10.8. The lowest BCUT2D eigenvalue weighted by atomic mass is 10.3. The number of aromatic nitrogens is 1. The van der Waals surface area contributed by atoms with Gasteiger partial charge in [-0.25, -0.2) is 13.6 Å². The molecule has 12 heavy (non-hydrogen) atoms. The van der Waals surface area contributed by atoms with Crippen molar-refractivity contribution in [1.29, 1.82) is 0 Å². The largest absolute Gasteiger partial charge is 0.417 e. The van der Waals surface area contributed by atoms with Crippen LogP contribution in [0.3, 0.4) is 0 Å². The number of H-pyrrole nitrogens is 1. The van der Waals surface area contributed by atoms with E-state index >= 15 is 0 Å². The van der Waals surface area contributed by atoms with E-state index in [-0.39, 0.29) is 11.1 Å². The number of fused-ring (bicyclic) bond motifs is 1. The number of halogens is 2. The number of nitrogens with one attached hydrogen (secondary N) is 1. The molecule has 3 nitrogen and oxygen atoms in total. The van der Waals surface area contributed by atoms with Gasteiger partial charge in [-0.1, -0.05) is 0 Å². The summed E-state index contributed by atoms with van der Waals surface area (Å²) in [7, 11) is 0. The second-order valence-electron chi connectivity index (χ2n) is 2.28. The van der Waals surface area contributed by atoms with Crippen LogP contribution in [-0.4, -0.2) is 4.98 Å². The van der Waals surface area contributed by atoms with E-state index < -0.39 is 17.4 Å². The average Bonchev–Trinajstić information content (AvgIpc) is 2.29. The Bertz CT molecular complexity index is 486. The van der Waals surface area contributed by atoms with Gasteiger partial charge in [-0.3, -0.25) is 4.98 Å². The summed E-state index contributed by atoms with van der Waals surface area (Å²) in [4.78, 5) is 12.7. The van der Waals surface area contributed by atoms with Crippen LogP contribution in [0.4, 0.5) is 8.78 Å². The van der Waals surface area contributed by atoms with Crippen molar-refractivity contribution in [3.8, 4) is 0 Å². The van der Waals surface area contributed by atoms with Crippen LogP contribution in [0, 0.1) is 11.6 Å². The predicted octanol–water partition coefficient (Wildman–Crippen LogP) is 1.40. The molecule has 1 heterocycles. The van der Waals surface area contributed by atoms with Crippen molar-refractivity contribution in [2.45, 2.75) is 0 Å². The number of aromatic amines is 1. The second kappa shape index (κ2) is 2.17. The molecule has 2 rings (SSSR count). The Hall–Kier alpha value is -1.65. The Labute approximate surface area is 64.6 Å². The summed E-state index contributed by atoms with van der Waals surface area (Å²) >= 11 is 0. The number of rotatable bonds is 0. The first kappa shape index (κ1) is 7.02. The molecule has 0 aliphatic heterocycles. The Morgan fingerprint density at radius 3 is 2.83 bits per heavy atom. The van der Waals surface area contributed by atoms with E-state index in [0.29, 0.717) is 6.07 Å². The Morgan fingerprint density at radius 2 is 2.08 bits per heavy atom. The lowest BCUT2D eigenvalue weighted by Crippen LogP contribution is -1.92. The topological polar surface area (TPSA) is 46.0 Å². The van der Waals surface area contributed by atoms with Gasteiger partial charge in [0.2, 0.25) is 0 Å². The van der Waals surface area contributed by atoms with Crippen LogP contribution in [0.2, 0.25) is 0 Å². The number of hydrogen-bond acceptors (Lipinski definition) is 2. The molecule has 0 atom stereocenters. The van der Waals surface area contributed by atoms with E-state index in [1.54, 1.807) is 0 Å². The predicted molar refractivity (Wildman–Crippen MR) is 36.8 cm³/mol. The lowest BCUT2D eigenvalue weighted by Gasteiger charge is -1.89. The monoisotopic (exact) mass is 171 g/mol. The van der Waals surface area contributed by atoms with Gasteiger partial charge in [-0.15, -0.1) is 0 Å². The van der Waals surface area contributed by atoms with E-state index in [1.165, 1.54) is 0 Å². The zero-order valence-electron chi connectivity index (χ0n) is 5.73. The van der Waals surface area contributed by atoms with Crippen LogP contribution in [0.5, 0.6) is 0 Å². The standard InChI is InChI=1S/C7H3F2NO2/c8-3-1-4(9)6-5(2-3)10-7(11)12-6/h1-2H,(H,10,11). The maximum atomic E-state index is 12.8. The third-order valence-corrected chi connectivity index (χ3v) is 1.44. The fourth-order valence-corrected chi connectivity index (χ4v) is 0.985. The fraction of sp³-hybridized carbons (Fsp3) is 0. The maximum Gasteiger partial charge on any atom is 0.417 e. The molecule has 0 bridgehead atoms. The highest BCUT2D eigenvalue weighted by Gasteiger charge is 2.08. The zero-order valence-corrected chi connectivity index (χ0v) is 5.73. The quantitative estimate of drug-likeness (QED) is 0.651. The van der Waals surface area contributed by atoms with E-state index in [2.05, 4.69) is 9.40 Å². The first-order chi connectivity index (χ1) is 5.66. The maximum absolute atomic E-state index is 12.8. The van der Waals surface area contributed by atoms with E-state index in [0.717, 1.165) is 6.07 Å². The van der Waals surface area contributed by atoms with Crippen LogP contribution in [-0.2, 0) is 0 Å². The molecule has 5 heteroatoms. The summed E-state index contributed by atoms with van der Waals surface area (Å²) in [6, 6.07) is 1.64. The smallest absolute Gasteiger partial charge is 0.405 e. The van der Waals surface area contributed by atoms with Crippen molar-refractivity contribution in [3.63, 3.8) is 0 Å². The number of hydrogen-bond donors (Lipinski definition) is 1. The highest BCUT2D eigenvalue weighted by Crippen LogP contribution is 2.15. The highest BCUT2D eigenvalue weighted by atomic mass is 19.1. The summed E-state index contributed by atoms with van der Waals surface area (Å²) in [6.45, 7) is 0. The lowest BCUT2D eigenvalue weighted by molar-refractivity contribution is 0.518. The third-order valence-electron chi connectivity index (χ3n) is 1.44. The minimum atomic E-state index is -0.886. The van der Waals surface area contributed by atoms with Gasteiger partial charge in [0.1, 0.15) is 5.82 Å². The first-order valence-corrected chi connectivity index (χ1v) is 3.15. The van der Waals surface area contributed by atoms with Crippen molar-refractivity contribution in [1.82, 2.24) is 4.98 Å². The number of benzene rings is 1. The van der Waals surface area contributed by atoms with Gasteiger partial charge in [0.25, 0.3) is 0 Å². The molecule has 0 aliphatic carbocycles. The van der Waals surface area contributed by atoms with Crippen LogP contribution in [0.15, 0.2) is 21.3 Å². The molecule has 2 aromatic rings. The summed E-state index contributed by atoms with van der Waals surface area (Å²) in [5.41, 5.74) is -0.223. The van der Waals surface area contributed by atoms with E-state index in [9.17, 15) is 13.6 Å². The van der Waals surface area contributed by atoms with Crippen LogP contribution in [0.25, 0.3) is 11.1 Å². The molecule has 0 aliphatic rings. The van der Waals surface area contributed by atoms with Gasteiger partial charge in [0.05, 0.1) is 5.52 Å². The summed E-state index contributed by atoms with van der Waals surface area (Å²) < 4.78 is 29.7. The Morgan fingerprint density at radius 1 is 1.33 bits per heavy atom. The van der Waals surface area contributed by atoms with Crippen LogP contribution in [0.1, 0.15) is 0 Å². The molecule has 1 aromatic heterocycles. The van der Waals surface area contributed by atoms with E-state index in [4.69, 9.17) is 0 Å². The van der Waals surface area contributed by atoms with Gasteiger partial charge in [0, 0.05) is 12.1 Å². The fourth-order valence-electron chi connectivity index (χ4n) is 0.985. The van der Waals surface area contributed by atoms with Crippen molar-refractivity contribution in [2.75, 3.05) is 0 Å². The molecule has 1 aromatic carbocycles. The van der Waals surface area contributed by atoms with Crippen molar-refractivity contribution < 1.29 is 13.2 Å². The second-order valence-corrected chi connectivity index (χ2v) is 2.28. The minimum Gasteiger partial charge on any atom is -0.405 e. The molecule has 0 fully saturated rings. The highest BCUT2D eigenvalue weighted by molar-refractivity contribution is 5.72. The van der Waals surface area contributed by atoms with Gasteiger partial charge < -0.3 is 4.42 Å². The molecular formula is C7H3F2NO2. The average molecular weight is 171 g/mol. The van der Waals surface area contributed by atoms with Gasteiger partial charge >= 0.3 is 5.76 Å². The van der Waals surface area contributed by atoms with E-state index in [1.807, 2.05) is 0 Å². The Kier molecular flexibility index (Phi) is 1.27. The molecule has 0 saturated carbocycles. The summed E-state index contributed by atoms with van der Waals surface area (Å²) in [5.74, 6) is -2.44. The third kappa shape index (κ3) is 0.903. The summed E-state index contributed by atoms with van der Waals surface area (Å²) in [5, 5.41) is 0. The molecular weight excluding hydrogens is 168 g/mol. The zero-order chi connectivity index (χ0) is 8.72. The van der Waals surface area contributed by atoms with Crippen molar-refractivity contribution in [3.05, 3.63) is 34.3 Å². The molecule has 1 N–H and O–H groups in total. The van der Waals surface area contributed by atoms with Crippen molar-refractivity contribution >= 4 is 11.1 Å². The van der Waals surface area contributed by atoms with Crippen LogP contribution < -0.4 is 5.76 Å². The minimum absolute atomic E-state index is 0.0255. The van der Waals surface area contributed by atoms with Gasteiger partial charge in [-0.05, 0) is 0 Å². The molecule has 0 amide bonds. The first-order valence-electron chi connectivity index (χ1n) is 3.15.